The lowest BCUT2D eigenvalue weighted by Crippen LogP contribution is -2.39. The van der Waals surface area contributed by atoms with Crippen LogP contribution < -0.4 is 15.4 Å². The number of carbonyl (C=O) groups excluding carboxylic acids is 2. The molecule has 2 atom stereocenters. The number of anilines is 1. The second-order valence-corrected chi connectivity index (χ2v) is 6.98. The fraction of sp³-hybridized carbons (Fsp3) is 0.300. The van der Waals surface area contributed by atoms with Crippen molar-refractivity contribution in [2.75, 3.05) is 12.4 Å². The van der Waals surface area contributed by atoms with Gasteiger partial charge in [-0.05, 0) is 78.7 Å². The molecular formula is C20H23BrN2O3. The van der Waals surface area contributed by atoms with E-state index >= 15 is 0 Å². The number of Topliss-reactive ketones (excluding diaryl/α,β-unsaturated/α-hetero) is 1. The van der Waals surface area contributed by atoms with E-state index in [0.29, 0.717) is 11.3 Å². The quantitative estimate of drug-likeness (QED) is 0.656. The van der Waals surface area contributed by atoms with E-state index in [-0.39, 0.29) is 17.7 Å². The van der Waals surface area contributed by atoms with E-state index in [0.717, 1.165) is 15.8 Å². The van der Waals surface area contributed by atoms with Gasteiger partial charge in [-0.1, -0.05) is 6.07 Å². The summed E-state index contributed by atoms with van der Waals surface area (Å²) < 4.78 is 6.11. The van der Waals surface area contributed by atoms with E-state index in [2.05, 4.69) is 26.6 Å². The monoisotopic (exact) mass is 418 g/mol. The minimum absolute atomic E-state index is 0.00242. The van der Waals surface area contributed by atoms with Crippen LogP contribution >= 0.6 is 15.9 Å². The molecule has 2 aromatic carbocycles. The topological polar surface area (TPSA) is 67.4 Å². The zero-order valence-electron chi connectivity index (χ0n) is 15.3. The summed E-state index contributed by atoms with van der Waals surface area (Å²) >= 11 is 3.47. The van der Waals surface area contributed by atoms with E-state index in [1.165, 1.54) is 6.92 Å². The van der Waals surface area contributed by atoms with Crippen LogP contribution in [-0.4, -0.2) is 24.8 Å². The van der Waals surface area contributed by atoms with Crippen molar-refractivity contribution in [2.45, 2.75) is 32.9 Å². The molecule has 0 bridgehead atoms. The highest BCUT2D eigenvalue weighted by Gasteiger charge is 2.17. The summed E-state index contributed by atoms with van der Waals surface area (Å²) in [5.41, 5.74) is 2.32. The summed E-state index contributed by atoms with van der Waals surface area (Å²) in [4.78, 5) is 23.7. The molecule has 2 rings (SSSR count). The maximum atomic E-state index is 12.4. The molecule has 0 saturated heterocycles. The largest absolute Gasteiger partial charge is 0.496 e. The number of methoxy groups -OCH3 is 1. The summed E-state index contributed by atoms with van der Waals surface area (Å²) in [5.74, 6) is 0.623. The number of rotatable bonds is 7. The summed E-state index contributed by atoms with van der Waals surface area (Å²) in [5, 5.41) is 6.13. The third-order valence-corrected chi connectivity index (χ3v) is 4.75. The molecule has 2 N–H and O–H groups in total. The second-order valence-electron chi connectivity index (χ2n) is 6.13. The summed E-state index contributed by atoms with van der Waals surface area (Å²) in [6.45, 7) is 5.33. The van der Waals surface area contributed by atoms with Crippen LogP contribution in [0.5, 0.6) is 5.75 Å². The number of benzene rings is 2. The van der Waals surface area contributed by atoms with Crippen molar-refractivity contribution in [1.82, 2.24) is 5.32 Å². The summed E-state index contributed by atoms with van der Waals surface area (Å²) in [7, 11) is 1.62. The third kappa shape index (κ3) is 5.16. The Morgan fingerprint density at radius 1 is 1.08 bits per heavy atom. The second kappa shape index (κ2) is 8.96. The highest BCUT2D eigenvalue weighted by Crippen LogP contribution is 2.28. The van der Waals surface area contributed by atoms with Crippen LogP contribution in [0.4, 0.5) is 5.69 Å². The molecule has 1 amide bonds. The van der Waals surface area contributed by atoms with E-state index < -0.39 is 6.04 Å². The van der Waals surface area contributed by atoms with E-state index in [1.807, 2.05) is 32.0 Å². The van der Waals surface area contributed by atoms with Gasteiger partial charge >= 0.3 is 0 Å². The zero-order valence-corrected chi connectivity index (χ0v) is 16.9. The molecule has 0 radical (unpaired) electrons. The van der Waals surface area contributed by atoms with Gasteiger partial charge in [-0.15, -0.1) is 0 Å². The lowest BCUT2D eigenvalue weighted by molar-refractivity contribution is -0.117. The average Bonchev–Trinajstić information content (AvgIpc) is 2.61. The lowest BCUT2D eigenvalue weighted by Gasteiger charge is -2.20. The first-order valence-corrected chi connectivity index (χ1v) is 9.12. The first-order valence-electron chi connectivity index (χ1n) is 8.33. The summed E-state index contributed by atoms with van der Waals surface area (Å²) in [6.07, 6.45) is 0. The highest BCUT2D eigenvalue weighted by atomic mass is 79.9. The Labute approximate surface area is 162 Å². The predicted octanol–water partition coefficient (Wildman–Crippen LogP) is 4.34. The van der Waals surface area contributed by atoms with Crippen LogP contribution in [0.2, 0.25) is 0 Å². The van der Waals surface area contributed by atoms with Gasteiger partial charge in [0.2, 0.25) is 5.91 Å². The fourth-order valence-corrected chi connectivity index (χ4v) is 3.10. The van der Waals surface area contributed by atoms with Gasteiger partial charge in [0.05, 0.1) is 17.6 Å². The molecule has 0 aliphatic heterocycles. The smallest absolute Gasteiger partial charge is 0.241 e. The van der Waals surface area contributed by atoms with Crippen molar-refractivity contribution in [1.29, 1.82) is 0 Å². The van der Waals surface area contributed by atoms with Crippen molar-refractivity contribution in [3.05, 3.63) is 58.1 Å². The third-order valence-electron chi connectivity index (χ3n) is 4.13. The molecule has 0 unspecified atom stereocenters. The van der Waals surface area contributed by atoms with Gasteiger partial charge in [0, 0.05) is 17.3 Å². The fourth-order valence-electron chi connectivity index (χ4n) is 2.54. The van der Waals surface area contributed by atoms with Crippen LogP contribution in [0.1, 0.15) is 42.7 Å². The maximum absolute atomic E-state index is 12.4. The van der Waals surface area contributed by atoms with Gasteiger partial charge in [-0.2, -0.15) is 0 Å². The van der Waals surface area contributed by atoms with Gasteiger partial charge in [0.15, 0.2) is 5.78 Å². The molecule has 0 spiro atoms. The number of amides is 1. The van der Waals surface area contributed by atoms with Gasteiger partial charge < -0.3 is 10.1 Å². The number of hydrogen-bond donors (Lipinski definition) is 2. The minimum atomic E-state index is -0.390. The summed E-state index contributed by atoms with van der Waals surface area (Å²) in [6, 6.07) is 12.3. The number of ketones is 1. The Kier molecular flexibility index (Phi) is 6.94. The van der Waals surface area contributed by atoms with Crippen molar-refractivity contribution >= 4 is 33.3 Å². The van der Waals surface area contributed by atoms with Crippen molar-refractivity contribution < 1.29 is 14.3 Å². The zero-order chi connectivity index (χ0) is 19.3. The standard InChI is InChI=1S/C20H23BrN2O3/c1-12(16-7-10-19(26-4)18(21)11-16)22-13(2)20(25)23-17-8-5-15(6-9-17)14(3)24/h5-13,22H,1-4H3,(H,23,25)/t12-,13+/m1/s1. The molecule has 138 valence electrons. The normalized spacial score (nSPS) is 13.0. The Balaban J connectivity index is 1.97. The Hall–Kier alpha value is -2.18. The minimum Gasteiger partial charge on any atom is -0.496 e. The van der Waals surface area contributed by atoms with Gasteiger partial charge in [0.25, 0.3) is 0 Å². The Bertz CT molecular complexity index is 790. The number of ether oxygens (including phenoxy) is 1. The Morgan fingerprint density at radius 2 is 1.73 bits per heavy atom. The highest BCUT2D eigenvalue weighted by molar-refractivity contribution is 9.10. The number of halogens is 1. The van der Waals surface area contributed by atoms with Gasteiger partial charge in [-0.3, -0.25) is 14.9 Å². The van der Waals surface area contributed by atoms with E-state index in [9.17, 15) is 9.59 Å². The van der Waals surface area contributed by atoms with E-state index in [1.54, 1.807) is 31.4 Å². The van der Waals surface area contributed by atoms with Gasteiger partial charge in [0.1, 0.15) is 5.75 Å². The first kappa shape index (κ1) is 20.1. The SMILES string of the molecule is COc1ccc([C@@H](C)N[C@@H](C)C(=O)Nc2ccc(C(C)=O)cc2)cc1Br. The number of hydrogen-bond acceptors (Lipinski definition) is 4. The molecule has 0 aliphatic rings. The lowest BCUT2D eigenvalue weighted by atomic mass is 10.1. The van der Waals surface area contributed by atoms with Crippen LogP contribution in [-0.2, 0) is 4.79 Å². The Morgan fingerprint density at radius 3 is 2.27 bits per heavy atom. The van der Waals surface area contributed by atoms with Crippen LogP contribution in [0.3, 0.4) is 0 Å². The number of carbonyl (C=O) groups is 2. The molecule has 6 heteroatoms. The first-order chi connectivity index (χ1) is 12.3. The predicted molar refractivity (Wildman–Crippen MR) is 107 cm³/mol. The van der Waals surface area contributed by atoms with Gasteiger partial charge in [-0.25, -0.2) is 0 Å². The molecule has 0 heterocycles. The van der Waals surface area contributed by atoms with Crippen molar-refractivity contribution in [3.63, 3.8) is 0 Å². The van der Waals surface area contributed by atoms with Crippen molar-refractivity contribution in [2.24, 2.45) is 0 Å². The van der Waals surface area contributed by atoms with Crippen LogP contribution in [0, 0.1) is 0 Å². The van der Waals surface area contributed by atoms with Crippen LogP contribution in [0.15, 0.2) is 46.9 Å². The molecular weight excluding hydrogens is 396 g/mol. The molecule has 2 aromatic rings. The molecule has 5 nitrogen and oxygen atoms in total. The molecule has 0 saturated carbocycles. The van der Waals surface area contributed by atoms with Crippen LogP contribution in [0.25, 0.3) is 0 Å². The number of nitrogens with one attached hydrogen (secondary N) is 2. The average molecular weight is 419 g/mol. The molecule has 0 fully saturated rings. The molecule has 26 heavy (non-hydrogen) atoms. The van der Waals surface area contributed by atoms with Crippen molar-refractivity contribution in [3.8, 4) is 5.75 Å². The molecule has 0 aliphatic carbocycles. The van der Waals surface area contributed by atoms with E-state index in [4.69, 9.17) is 4.74 Å². The maximum Gasteiger partial charge on any atom is 0.241 e. The molecule has 0 aromatic heterocycles.